The fourth-order valence-corrected chi connectivity index (χ4v) is 2.50. The third kappa shape index (κ3) is 5.64. The standard InChI is InChI=1S/C19H22N2O4.BrH/c1-3-20(4-2)12-13-25-18-11-10-16(21(23)24)14-17(18)19(22)15-8-6-5-7-9-15;/h5-11,14H,3-4,12-13H2,1-2H3;1H. The highest BCUT2D eigenvalue weighted by atomic mass is 79.9. The Morgan fingerprint density at radius 3 is 2.35 bits per heavy atom. The number of carbonyl (C=O) groups is 1. The quantitative estimate of drug-likeness (QED) is 0.345. The number of nitro benzene ring substituents is 1. The monoisotopic (exact) mass is 422 g/mol. The minimum absolute atomic E-state index is 0. The van der Waals surface area contributed by atoms with Crippen LogP contribution in [0.5, 0.6) is 5.75 Å². The Morgan fingerprint density at radius 1 is 1.12 bits per heavy atom. The molecular weight excluding hydrogens is 400 g/mol. The van der Waals surface area contributed by atoms with E-state index in [0.29, 0.717) is 17.9 Å². The third-order valence-electron chi connectivity index (χ3n) is 4.01. The van der Waals surface area contributed by atoms with Crippen LogP contribution in [0, 0.1) is 10.1 Å². The van der Waals surface area contributed by atoms with Gasteiger partial charge in [0, 0.05) is 24.2 Å². The first kappa shape index (κ1) is 21.8. The van der Waals surface area contributed by atoms with Crippen LogP contribution in [0.1, 0.15) is 29.8 Å². The average molecular weight is 423 g/mol. The zero-order valence-electron chi connectivity index (χ0n) is 14.9. The van der Waals surface area contributed by atoms with Gasteiger partial charge < -0.3 is 9.64 Å². The van der Waals surface area contributed by atoms with Crippen molar-refractivity contribution < 1.29 is 14.5 Å². The summed E-state index contributed by atoms with van der Waals surface area (Å²) in [6, 6.07) is 12.8. The van der Waals surface area contributed by atoms with Crippen LogP contribution in [0.2, 0.25) is 0 Å². The Morgan fingerprint density at radius 2 is 1.77 bits per heavy atom. The number of ketones is 1. The van der Waals surface area contributed by atoms with Crippen molar-refractivity contribution >= 4 is 28.5 Å². The van der Waals surface area contributed by atoms with Gasteiger partial charge in [0.1, 0.15) is 12.4 Å². The van der Waals surface area contributed by atoms with E-state index in [0.717, 1.165) is 19.6 Å². The average Bonchev–Trinajstić information content (AvgIpc) is 2.65. The summed E-state index contributed by atoms with van der Waals surface area (Å²) in [5.74, 6) is 0.0775. The summed E-state index contributed by atoms with van der Waals surface area (Å²) < 4.78 is 5.76. The first-order chi connectivity index (χ1) is 12.1. The molecule has 0 spiro atoms. The van der Waals surface area contributed by atoms with Gasteiger partial charge in [0.05, 0.1) is 10.5 Å². The second-order valence-corrected chi connectivity index (χ2v) is 5.51. The number of nitro groups is 1. The number of ether oxygens (including phenoxy) is 1. The highest BCUT2D eigenvalue weighted by Crippen LogP contribution is 2.26. The summed E-state index contributed by atoms with van der Waals surface area (Å²) in [6.45, 7) is 7.10. The Hall–Kier alpha value is -2.25. The van der Waals surface area contributed by atoms with Gasteiger partial charge in [0.2, 0.25) is 0 Å². The van der Waals surface area contributed by atoms with E-state index in [2.05, 4.69) is 18.7 Å². The molecule has 2 aromatic rings. The van der Waals surface area contributed by atoms with Crippen molar-refractivity contribution in [3.8, 4) is 5.75 Å². The van der Waals surface area contributed by atoms with Crippen LogP contribution >= 0.6 is 17.0 Å². The van der Waals surface area contributed by atoms with Gasteiger partial charge in [-0.1, -0.05) is 44.2 Å². The number of hydrogen-bond donors (Lipinski definition) is 0. The van der Waals surface area contributed by atoms with E-state index in [-0.39, 0.29) is 34.0 Å². The molecule has 0 saturated heterocycles. The van der Waals surface area contributed by atoms with Crippen LogP contribution in [-0.4, -0.2) is 41.8 Å². The topological polar surface area (TPSA) is 72.7 Å². The largest absolute Gasteiger partial charge is 0.491 e. The number of non-ortho nitro benzene ring substituents is 1. The van der Waals surface area contributed by atoms with Crippen LogP contribution in [0.3, 0.4) is 0 Å². The van der Waals surface area contributed by atoms with Crippen molar-refractivity contribution in [2.75, 3.05) is 26.2 Å². The lowest BCUT2D eigenvalue weighted by atomic mass is 10.0. The van der Waals surface area contributed by atoms with E-state index < -0.39 is 4.92 Å². The van der Waals surface area contributed by atoms with Crippen LogP contribution in [0.25, 0.3) is 0 Å². The summed E-state index contributed by atoms with van der Waals surface area (Å²) in [6.07, 6.45) is 0. The van der Waals surface area contributed by atoms with Crippen LogP contribution < -0.4 is 4.74 Å². The fraction of sp³-hybridized carbons (Fsp3) is 0.316. The molecule has 7 heteroatoms. The molecule has 26 heavy (non-hydrogen) atoms. The number of benzene rings is 2. The molecule has 0 amide bonds. The van der Waals surface area contributed by atoms with Gasteiger partial charge in [-0.2, -0.15) is 0 Å². The summed E-state index contributed by atoms with van der Waals surface area (Å²) in [5.41, 5.74) is 0.548. The number of rotatable bonds is 9. The van der Waals surface area contributed by atoms with Gasteiger partial charge in [-0.15, -0.1) is 17.0 Å². The van der Waals surface area contributed by atoms with Gasteiger partial charge in [0.25, 0.3) is 5.69 Å². The molecule has 0 fully saturated rings. The molecule has 6 nitrogen and oxygen atoms in total. The Labute approximate surface area is 163 Å². The SMILES string of the molecule is Br.CCN(CC)CCOc1ccc([N+](=O)[O-])cc1C(=O)c1ccccc1. The lowest BCUT2D eigenvalue weighted by Gasteiger charge is -2.18. The minimum Gasteiger partial charge on any atom is -0.491 e. The molecule has 0 radical (unpaired) electrons. The molecule has 0 heterocycles. The zero-order valence-corrected chi connectivity index (χ0v) is 16.6. The maximum absolute atomic E-state index is 12.7. The van der Waals surface area contributed by atoms with Crippen LogP contribution in [0.4, 0.5) is 5.69 Å². The van der Waals surface area contributed by atoms with Crippen LogP contribution in [0.15, 0.2) is 48.5 Å². The number of halogens is 1. The van der Waals surface area contributed by atoms with Gasteiger partial charge in [0.15, 0.2) is 5.78 Å². The van der Waals surface area contributed by atoms with E-state index in [4.69, 9.17) is 4.74 Å². The number of likely N-dealkylation sites (N-methyl/N-ethyl adjacent to an activating group) is 1. The number of hydrogen-bond acceptors (Lipinski definition) is 5. The predicted molar refractivity (Wildman–Crippen MR) is 107 cm³/mol. The molecule has 0 atom stereocenters. The molecule has 140 valence electrons. The molecule has 0 aliphatic heterocycles. The Balaban J connectivity index is 0.00000338. The molecule has 0 saturated carbocycles. The molecule has 0 bridgehead atoms. The van der Waals surface area contributed by atoms with E-state index in [9.17, 15) is 14.9 Å². The highest BCUT2D eigenvalue weighted by molar-refractivity contribution is 8.93. The Kier molecular flexibility index (Phi) is 8.95. The predicted octanol–water partition coefficient (Wildman–Crippen LogP) is 4.12. The van der Waals surface area contributed by atoms with Crippen molar-refractivity contribution in [1.29, 1.82) is 0 Å². The van der Waals surface area contributed by atoms with Gasteiger partial charge in [-0.3, -0.25) is 14.9 Å². The third-order valence-corrected chi connectivity index (χ3v) is 4.01. The lowest BCUT2D eigenvalue weighted by Crippen LogP contribution is -2.28. The van der Waals surface area contributed by atoms with Gasteiger partial charge in [-0.05, 0) is 19.2 Å². The van der Waals surface area contributed by atoms with E-state index in [1.807, 2.05) is 6.07 Å². The first-order valence-electron chi connectivity index (χ1n) is 8.30. The van der Waals surface area contributed by atoms with Crippen molar-refractivity contribution in [3.63, 3.8) is 0 Å². The molecule has 0 aromatic heterocycles. The highest BCUT2D eigenvalue weighted by Gasteiger charge is 2.19. The maximum Gasteiger partial charge on any atom is 0.270 e. The Bertz CT molecular complexity index is 734. The van der Waals surface area contributed by atoms with Crippen molar-refractivity contribution in [1.82, 2.24) is 4.90 Å². The second kappa shape index (κ2) is 10.7. The molecular formula is C19H23BrN2O4. The van der Waals surface area contributed by atoms with Gasteiger partial charge in [-0.25, -0.2) is 0 Å². The van der Waals surface area contributed by atoms with Crippen molar-refractivity contribution in [2.24, 2.45) is 0 Å². The summed E-state index contributed by atoms with van der Waals surface area (Å²) in [4.78, 5) is 25.5. The number of nitrogens with zero attached hydrogens (tertiary/aromatic N) is 2. The van der Waals surface area contributed by atoms with E-state index >= 15 is 0 Å². The normalized spacial score (nSPS) is 10.3. The van der Waals surface area contributed by atoms with Gasteiger partial charge >= 0.3 is 0 Å². The van der Waals surface area contributed by atoms with E-state index in [1.54, 1.807) is 24.3 Å². The van der Waals surface area contributed by atoms with Crippen LogP contribution in [-0.2, 0) is 0 Å². The van der Waals surface area contributed by atoms with E-state index in [1.165, 1.54) is 18.2 Å². The van der Waals surface area contributed by atoms with Crippen molar-refractivity contribution in [3.05, 3.63) is 69.8 Å². The number of carbonyl (C=O) groups excluding carboxylic acids is 1. The lowest BCUT2D eigenvalue weighted by molar-refractivity contribution is -0.384. The molecule has 0 aliphatic carbocycles. The minimum atomic E-state index is -0.512. The fourth-order valence-electron chi connectivity index (χ4n) is 2.50. The summed E-state index contributed by atoms with van der Waals surface area (Å²) in [5, 5.41) is 11.1. The second-order valence-electron chi connectivity index (χ2n) is 5.51. The maximum atomic E-state index is 12.7. The summed E-state index contributed by atoms with van der Waals surface area (Å²) in [7, 11) is 0. The summed E-state index contributed by atoms with van der Waals surface area (Å²) >= 11 is 0. The first-order valence-corrected chi connectivity index (χ1v) is 8.30. The molecule has 2 rings (SSSR count). The zero-order chi connectivity index (χ0) is 18.2. The molecule has 0 N–H and O–H groups in total. The smallest absolute Gasteiger partial charge is 0.270 e. The molecule has 0 unspecified atom stereocenters. The van der Waals surface area contributed by atoms with Crippen molar-refractivity contribution in [2.45, 2.75) is 13.8 Å². The molecule has 0 aliphatic rings. The molecule has 2 aromatic carbocycles.